The Hall–Kier alpha value is -3.73. The molecule has 1 fully saturated rings. The molecule has 1 atom stereocenters. The first-order valence-electron chi connectivity index (χ1n) is 10.3. The van der Waals surface area contributed by atoms with Crippen LogP contribution in [0.15, 0.2) is 30.5 Å². The number of pyridine rings is 1. The Labute approximate surface area is 180 Å². The molecule has 1 N–H and O–H groups in total. The van der Waals surface area contributed by atoms with E-state index in [1.165, 1.54) is 10.9 Å². The number of carbonyl (C=O) groups is 2. The van der Waals surface area contributed by atoms with Gasteiger partial charge in [-0.3, -0.25) is 9.59 Å². The van der Waals surface area contributed by atoms with E-state index in [9.17, 15) is 14.9 Å². The molecule has 0 saturated carbocycles. The van der Waals surface area contributed by atoms with Crippen LogP contribution >= 0.6 is 0 Å². The van der Waals surface area contributed by atoms with Gasteiger partial charge in [-0.1, -0.05) is 18.2 Å². The van der Waals surface area contributed by atoms with Gasteiger partial charge >= 0.3 is 0 Å². The van der Waals surface area contributed by atoms with Crippen LogP contribution in [0, 0.1) is 31.1 Å². The van der Waals surface area contributed by atoms with Crippen LogP contribution in [-0.2, 0) is 9.59 Å². The maximum atomic E-state index is 13.0. The molecular formula is C23H24N6O2. The zero-order valence-electron chi connectivity index (χ0n) is 18.0. The van der Waals surface area contributed by atoms with Gasteiger partial charge in [-0.15, -0.1) is 0 Å². The summed E-state index contributed by atoms with van der Waals surface area (Å²) in [6, 6.07) is 9.99. The average molecular weight is 416 g/mol. The quantitative estimate of drug-likeness (QED) is 0.704. The highest BCUT2D eigenvalue weighted by atomic mass is 16.2. The molecule has 3 aromatic rings. The molecular weight excluding hydrogens is 392 g/mol. The van der Waals surface area contributed by atoms with Crippen molar-refractivity contribution in [2.24, 2.45) is 5.92 Å². The number of nitrogens with zero attached hydrogens (tertiary/aromatic N) is 5. The minimum absolute atomic E-state index is 0.0357. The van der Waals surface area contributed by atoms with Gasteiger partial charge in [0.1, 0.15) is 11.6 Å². The lowest BCUT2D eigenvalue weighted by atomic mass is 10.1. The Morgan fingerprint density at radius 2 is 2.06 bits per heavy atom. The smallest absolute Gasteiger partial charge is 0.230 e. The highest BCUT2D eigenvalue weighted by Crippen LogP contribution is 2.27. The van der Waals surface area contributed by atoms with Crippen LogP contribution < -0.4 is 5.32 Å². The van der Waals surface area contributed by atoms with E-state index in [1.54, 1.807) is 4.90 Å². The van der Waals surface area contributed by atoms with Crippen molar-refractivity contribution in [3.8, 4) is 11.9 Å². The predicted octanol–water partition coefficient (Wildman–Crippen LogP) is 3.10. The molecule has 0 spiro atoms. The highest BCUT2D eigenvalue weighted by Gasteiger charge is 2.36. The van der Waals surface area contributed by atoms with E-state index in [2.05, 4.69) is 16.5 Å². The van der Waals surface area contributed by atoms with E-state index in [-0.39, 0.29) is 35.7 Å². The van der Waals surface area contributed by atoms with E-state index < -0.39 is 5.92 Å². The van der Waals surface area contributed by atoms with Gasteiger partial charge in [0.05, 0.1) is 17.6 Å². The number of rotatable bonds is 4. The van der Waals surface area contributed by atoms with Crippen molar-refractivity contribution in [2.75, 3.05) is 11.9 Å². The summed E-state index contributed by atoms with van der Waals surface area (Å²) in [5.41, 5.74) is 3.13. The van der Waals surface area contributed by atoms with Gasteiger partial charge in [-0.05, 0) is 44.9 Å². The second kappa shape index (κ2) is 7.84. The fourth-order valence-electron chi connectivity index (χ4n) is 4.00. The largest absolute Gasteiger partial charge is 0.339 e. The summed E-state index contributed by atoms with van der Waals surface area (Å²) >= 11 is 0. The number of para-hydroxylation sites is 1. The second-order valence-corrected chi connectivity index (χ2v) is 8.23. The molecule has 158 valence electrons. The molecule has 2 aromatic heterocycles. The standard InChI is InChI=1S/C23H24N6O2/c1-13(2)28-12-16(9-20(28)30)23(31)27-22-17(10-24)11-25-29(22)19-8-15(4)18-7-5-6-14(3)21(18)26-19/h5-8,11,13,16H,9,12H2,1-4H3,(H,27,31). The van der Waals surface area contributed by atoms with E-state index in [1.807, 2.05) is 52.0 Å². The number of carbonyl (C=O) groups excluding carboxylic acids is 2. The predicted molar refractivity (Wildman–Crippen MR) is 117 cm³/mol. The molecule has 1 aromatic carbocycles. The van der Waals surface area contributed by atoms with Crippen molar-refractivity contribution in [3.05, 3.63) is 47.2 Å². The van der Waals surface area contributed by atoms with Crippen LogP contribution in [0.4, 0.5) is 5.82 Å². The lowest BCUT2D eigenvalue weighted by Crippen LogP contribution is -2.33. The van der Waals surface area contributed by atoms with Crippen molar-refractivity contribution in [1.82, 2.24) is 19.7 Å². The number of fused-ring (bicyclic) bond motifs is 1. The molecule has 1 saturated heterocycles. The van der Waals surface area contributed by atoms with E-state index >= 15 is 0 Å². The van der Waals surface area contributed by atoms with Crippen LogP contribution in [0.5, 0.6) is 0 Å². The Morgan fingerprint density at radius 1 is 1.29 bits per heavy atom. The summed E-state index contributed by atoms with van der Waals surface area (Å²) in [6.07, 6.45) is 1.57. The maximum Gasteiger partial charge on any atom is 0.230 e. The number of hydrogen-bond donors (Lipinski definition) is 1. The van der Waals surface area contributed by atoms with E-state index in [4.69, 9.17) is 4.98 Å². The zero-order chi connectivity index (χ0) is 22.3. The van der Waals surface area contributed by atoms with Gasteiger partial charge in [-0.25, -0.2) is 4.98 Å². The molecule has 1 aliphatic rings. The zero-order valence-corrected chi connectivity index (χ0v) is 18.0. The van der Waals surface area contributed by atoms with Gasteiger partial charge in [-0.2, -0.15) is 15.0 Å². The SMILES string of the molecule is Cc1cc(-n2ncc(C#N)c2NC(=O)C2CC(=O)N(C(C)C)C2)nc2c(C)cccc12. The molecule has 8 nitrogen and oxygen atoms in total. The summed E-state index contributed by atoms with van der Waals surface area (Å²) in [5, 5.41) is 17.7. The molecule has 0 aliphatic carbocycles. The third-order valence-electron chi connectivity index (χ3n) is 5.74. The van der Waals surface area contributed by atoms with Gasteiger partial charge < -0.3 is 10.2 Å². The average Bonchev–Trinajstić information content (AvgIpc) is 3.32. The number of likely N-dealkylation sites (tertiary alicyclic amines) is 1. The van der Waals surface area contributed by atoms with Crippen LogP contribution in [0.3, 0.4) is 0 Å². The Morgan fingerprint density at radius 3 is 2.74 bits per heavy atom. The van der Waals surface area contributed by atoms with E-state index in [0.29, 0.717) is 12.4 Å². The molecule has 2 amide bonds. The molecule has 1 unspecified atom stereocenters. The summed E-state index contributed by atoms with van der Waals surface area (Å²) in [7, 11) is 0. The highest BCUT2D eigenvalue weighted by molar-refractivity contribution is 5.97. The molecule has 3 heterocycles. The number of amides is 2. The Balaban J connectivity index is 1.70. The number of aryl methyl sites for hydroxylation is 2. The normalized spacial score (nSPS) is 16.2. The minimum atomic E-state index is -0.474. The van der Waals surface area contributed by atoms with Crippen molar-refractivity contribution >= 4 is 28.5 Å². The van der Waals surface area contributed by atoms with Gasteiger partial charge in [0.2, 0.25) is 11.8 Å². The first-order valence-corrected chi connectivity index (χ1v) is 10.3. The number of aromatic nitrogens is 3. The molecule has 4 rings (SSSR count). The molecule has 31 heavy (non-hydrogen) atoms. The minimum Gasteiger partial charge on any atom is -0.339 e. The molecule has 0 bridgehead atoms. The second-order valence-electron chi connectivity index (χ2n) is 8.23. The van der Waals surface area contributed by atoms with Crippen molar-refractivity contribution in [3.63, 3.8) is 0 Å². The van der Waals surface area contributed by atoms with Crippen LogP contribution in [-0.4, -0.2) is 44.1 Å². The van der Waals surface area contributed by atoms with Crippen LogP contribution in [0.2, 0.25) is 0 Å². The summed E-state index contributed by atoms with van der Waals surface area (Å²) in [6.45, 7) is 8.20. The van der Waals surface area contributed by atoms with Crippen LogP contribution in [0.1, 0.15) is 37.0 Å². The topological polar surface area (TPSA) is 104 Å². The first kappa shape index (κ1) is 20.5. The van der Waals surface area contributed by atoms with Gasteiger partial charge in [0.25, 0.3) is 0 Å². The lowest BCUT2D eigenvalue weighted by molar-refractivity contribution is -0.129. The van der Waals surface area contributed by atoms with Gasteiger partial charge in [0, 0.05) is 24.4 Å². The maximum absolute atomic E-state index is 13.0. The fourth-order valence-corrected chi connectivity index (χ4v) is 4.00. The van der Waals surface area contributed by atoms with Crippen LogP contribution in [0.25, 0.3) is 16.7 Å². The number of benzene rings is 1. The third kappa shape index (κ3) is 3.63. The first-order chi connectivity index (χ1) is 14.8. The monoisotopic (exact) mass is 416 g/mol. The molecule has 0 radical (unpaired) electrons. The Kier molecular flexibility index (Phi) is 5.19. The lowest BCUT2D eigenvalue weighted by Gasteiger charge is -2.20. The van der Waals surface area contributed by atoms with Crippen molar-refractivity contribution in [2.45, 2.75) is 40.2 Å². The molecule has 8 heteroatoms. The van der Waals surface area contributed by atoms with Crippen molar-refractivity contribution < 1.29 is 9.59 Å². The van der Waals surface area contributed by atoms with E-state index in [0.717, 1.165) is 22.0 Å². The number of nitrogens with one attached hydrogen (secondary N) is 1. The number of hydrogen-bond acceptors (Lipinski definition) is 5. The fraction of sp³-hybridized carbons (Fsp3) is 0.348. The summed E-state index contributed by atoms with van der Waals surface area (Å²) in [5.74, 6) is -0.0292. The Bertz CT molecular complexity index is 1240. The van der Waals surface area contributed by atoms with Crippen molar-refractivity contribution in [1.29, 1.82) is 5.26 Å². The van der Waals surface area contributed by atoms with Gasteiger partial charge in [0.15, 0.2) is 11.6 Å². The third-order valence-corrected chi connectivity index (χ3v) is 5.74. The summed E-state index contributed by atoms with van der Waals surface area (Å²) < 4.78 is 1.48. The number of anilines is 1. The molecule has 1 aliphatic heterocycles. The number of nitriles is 1. The summed E-state index contributed by atoms with van der Waals surface area (Å²) in [4.78, 5) is 31.6.